The Kier molecular flexibility index (Phi) is 2.95. The van der Waals surface area contributed by atoms with Gasteiger partial charge in [-0.15, -0.1) is 0 Å². The number of halogens is 1. The van der Waals surface area contributed by atoms with E-state index in [1.54, 1.807) is 0 Å². The van der Waals surface area contributed by atoms with E-state index in [9.17, 15) is 9.18 Å². The molecule has 0 radical (unpaired) electrons. The molecule has 5 nitrogen and oxygen atoms in total. The van der Waals surface area contributed by atoms with Crippen LogP contribution in [0.1, 0.15) is 13.8 Å². The van der Waals surface area contributed by atoms with Gasteiger partial charge < -0.3 is 9.55 Å². The van der Waals surface area contributed by atoms with Gasteiger partial charge in [0.2, 0.25) is 0 Å². The molecule has 2 aromatic rings. The molecule has 0 spiro atoms. The summed E-state index contributed by atoms with van der Waals surface area (Å²) in [6.07, 6.45) is 0.712. The van der Waals surface area contributed by atoms with Gasteiger partial charge in [0.25, 0.3) is 6.08 Å². The van der Waals surface area contributed by atoms with Crippen LogP contribution in [0.4, 0.5) is 4.39 Å². The highest BCUT2D eigenvalue weighted by molar-refractivity contribution is 5.67. The van der Waals surface area contributed by atoms with Crippen LogP contribution in [0.25, 0.3) is 11.2 Å². The predicted octanol–water partition coefficient (Wildman–Crippen LogP) is 0.822. The number of nitrogens with zero attached hydrogens (tertiary/aromatic N) is 3. The molecule has 0 aliphatic heterocycles. The fourth-order valence-corrected chi connectivity index (χ4v) is 0.942. The van der Waals surface area contributed by atoms with Crippen LogP contribution >= 0.6 is 0 Å². The Balaban J connectivity index is 0.000000461. The first-order chi connectivity index (χ1) is 6.66. The number of rotatable bonds is 0. The molecule has 0 aliphatic carbocycles. The number of nitrogens with one attached hydrogen (secondary N) is 1. The summed E-state index contributed by atoms with van der Waals surface area (Å²) in [6.45, 7) is 4.00. The standard InChI is InChI=1S/C6H5FN4O.C2H6/c1-11-2-3-4(10-6(11)12)9-5(7)8-3;1-2/h2H,1H3,(H,8,9,10,12);1-2H3. The van der Waals surface area contributed by atoms with Crippen LogP contribution in [-0.4, -0.2) is 19.5 Å². The number of fused-ring (bicyclic) bond motifs is 1. The zero-order valence-electron chi connectivity index (χ0n) is 8.21. The smallest absolute Gasteiger partial charge is 0.311 e. The normalized spacial score (nSPS) is 9.71. The number of hydrogen-bond acceptors (Lipinski definition) is 3. The van der Waals surface area contributed by atoms with Gasteiger partial charge in [-0.3, -0.25) is 0 Å². The third-order valence-electron chi connectivity index (χ3n) is 1.51. The van der Waals surface area contributed by atoms with Crippen molar-refractivity contribution in [3.05, 3.63) is 22.8 Å². The van der Waals surface area contributed by atoms with E-state index in [2.05, 4.69) is 15.0 Å². The van der Waals surface area contributed by atoms with E-state index >= 15 is 0 Å². The lowest BCUT2D eigenvalue weighted by Crippen LogP contribution is -2.18. The minimum absolute atomic E-state index is 0.107. The number of hydrogen-bond donors (Lipinski definition) is 1. The van der Waals surface area contributed by atoms with E-state index in [4.69, 9.17) is 0 Å². The average Bonchev–Trinajstić information content (AvgIpc) is 2.49. The third kappa shape index (κ3) is 1.78. The van der Waals surface area contributed by atoms with Crippen LogP contribution < -0.4 is 5.69 Å². The number of imidazole rings is 1. The Morgan fingerprint density at radius 3 is 2.71 bits per heavy atom. The van der Waals surface area contributed by atoms with E-state index in [-0.39, 0.29) is 5.65 Å². The summed E-state index contributed by atoms with van der Waals surface area (Å²) in [5.41, 5.74) is 0.0687. The van der Waals surface area contributed by atoms with Crippen molar-refractivity contribution in [1.29, 1.82) is 0 Å². The SMILES string of the molecule is CC.Cn1cc2[nH]c(F)nc2nc1=O. The number of aromatic nitrogens is 4. The Labute approximate surface area is 79.6 Å². The molecule has 0 bridgehead atoms. The van der Waals surface area contributed by atoms with E-state index in [1.165, 1.54) is 17.8 Å². The van der Waals surface area contributed by atoms with Crippen molar-refractivity contribution in [2.45, 2.75) is 13.8 Å². The van der Waals surface area contributed by atoms with Gasteiger partial charge in [0.05, 0.1) is 0 Å². The predicted molar refractivity (Wildman–Crippen MR) is 50.4 cm³/mol. The van der Waals surface area contributed by atoms with Gasteiger partial charge >= 0.3 is 5.69 Å². The second-order valence-electron chi connectivity index (χ2n) is 2.40. The Morgan fingerprint density at radius 1 is 1.43 bits per heavy atom. The molecule has 76 valence electrons. The van der Waals surface area contributed by atoms with E-state index in [0.29, 0.717) is 5.52 Å². The minimum atomic E-state index is -0.733. The highest BCUT2D eigenvalue weighted by Crippen LogP contribution is 2.03. The van der Waals surface area contributed by atoms with Crippen LogP contribution in [0, 0.1) is 6.08 Å². The summed E-state index contributed by atoms with van der Waals surface area (Å²) < 4.78 is 13.7. The summed E-state index contributed by atoms with van der Waals surface area (Å²) >= 11 is 0. The molecule has 0 saturated carbocycles. The fraction of sp³-hybridized carbons (Fsp3) is 0.375. The molecular formula is C8H11FN4O. The van der Waals surface area contributed by atoms with Crippen molar-refractivity contribution in [2.24, 2.45) is 7.05 Å². The summed E-state index contributed by atoms with van der Waals surface area (Å²) in [5, 5.41) is 0. The van der Waals surface area contributed by atoms with Crippen molar-refractivity contribution >= 4 is 11.2 Å². The zero-order chi connectivity index (χ0) is 10.7. The minimum Gasteiger partial charge on any atom is -0.311 e. The largest absolute Gasteiger partial charge is 0.349 e. The summed E-state index contributed by atoms with van der Waals surface area (Å²) in [6, 6.07) is 0. The van der Waals surface area contributed by atoms with Gasteiger partial charge in [-0.2, -0.15) is 14.4 Å². The molecule has 0 unspecified atom stereocenters. The lowest BCUT2D eigenvalue weighted by atomic mass is 10.5. The molecule has 0 amide bonds. The molecule has 2 heterocycles. The van der Waals surface area contributed by atoms with E-state index in [1.807, 2.05) is 13.8 Å². The van der Waals surface area contributed by atoms with Gasteiger partial charge in [0.1, 0.15) is 5.52 Å². The first kappa shape index (κ1) is 10.4. The van der Waals surface area contributed by atoms with Crippen molar-refractivity contribution < 1.29 is 4.39 Å². The topological polar surface area (TPSA) is 63.6 Å². The number of aromatic amines is 1. The Morgan fingerprint density at radius 2 is 2.07 bits per heavy atom. The molecule has 0 atom stereocenters. The maximum atomic E-state index is 12.5. The van der Waals surface area contributed by atoms with Crippen LogP contribution in [0.5, 0.6) is 0 Å². The maximum absolute atomic E-state index is 12.5. The van der Waals surface area contributed by atoms with Crippen LogP contribution in [-0.2, 0) is 7.05 Å². The highest BCUT2D eigenvalue weighted by atomic mass is 19.1. The van der Waals surface area contributed by atoms with E-state index < -0.39 is 11.8 Å². The number of H-pyrrole nitrogens is 1. The lowest BCUT2D eigenvalue weighted by molar-refractivity contribution is 0.556. The second kappa shape index (κ2) is 3.99. The van der Waals surface area contributed by atoms with Gasteiger partial charge in [0, 0.05) is 13.2 Å². The lowest BCUT2D eigenvalue weighted by Gasteiger charge is -1.92. The monoisotopic (exact) mass is 198 g/mol. The van der Waals surface area contributed by atoms with Crippen molar-refractivity contribution in [3.63, 3.8) is 0 Å². The van der Waals surface area contributed by atoms with Crippen molar-refractivity contribution in [2.75, 3.05) is 0 Å². The molecule has 6 heteroatoms. The third-order valence-corrected chi connectivity index (χ3v) is 1.51. The second-order valence-corrected chi connectivity index (χ2v) is 2.40. The quantitative estimate of drug-likeness (QED) is 0.637. The fourth-order valence-electron chi connectivity index (χ4n) is 0.942. The van der Waals surface area contributed by atoms with Gasteiger partial charge in [0.15, 0.2) is 5.65 Å². The Hall–Kier alpha value is -1.72. The number of aryl methyl sites for hydroxylation is 1. The van der Waals surface area contributed by atoms with Gasteiger partial charge in [-0.1, -0.05) is 13.8 Å². The van der Waals surface area contributed by atoms with Gasteiger partial charge in [-0.25, -0.2) is 4.79 Å². The van der Waals surface area contributed by atoms with Crippen LogP contribution in [0.2, 0.25) is 0 Å². The van der Waals surface area contributed by atoms with E-state index in [0.717, 1.165) is 0 Å². The zero-order valence-corrected chi connectivity index (χ0v) is 8.21. The van der Waals surface area contributed by atoms with Gasteiger partial charge in [-0.05, 0) is 0 Å². The molecule has 14 heavy (non-hydrogen) atoms. The summed E-state index contributed by atoms with van der Waals surface area (Å²) in [4.78, 5) is 20.1. The molecule has 0 fully saturated rings. The summed E-state index contributed by atoms with van der Waals surface area (Å²) in [7, 11) is 1.54. The highest BCUT2D eigenvalue weighted by Gasteiger charge is 2.03. The first-order valence-electron chi connectivity index (χ1n) is 4.26. The summed E-state index contributed by atoms with van der Waals surface area (Å²) in [5.74, 6) is 0. The average molecular weight is 198 g/mol. The van der Waals surface area contributed by atoms with Crippen LogP contribution in [0.3, 0.4) is 0 Å². The maximum Gasteiger partial charge on any atom is 0.349 e. The molecule has 0 aliphatic rings. The molecule has 1 N–H and O–H groups in total. The molecule has 2 rings (SSSR count). The molecular weight excluding hydrogens is 187 g/mol. The van der Waals surface area contributed by atoms with Crippen molar-refractivity contribution in [3.8, 4) is 0 Å². The van der Waals surface area contributed by atoms with Crippen LogP contribution in [0.15, 0.2) is 11.0 Å². The molecule has 2 aromatic heterocycles. The Bertz CT molecular complexity index is 488. The molecule has 0 aromatic carbocycles. The first-order valence-corrected chi connectivity index (χ1v) is 4.26. The molecule has 0 saturated heterocycles. The van der Waals surface area contributed by atoms with Crippen molar-refractivity contribution in [1.82, 2.24) is 19.5 Å².